The summed E-state index contributed by atoms with van der Waals surface area (Å²) >= 11 is 0. The molecule has 2 aliphatic rings. The van der Waals surface area contributed by atoms with Gasteiger partial charge in [-0.25, -0.2) is 0 Å². The van der Waals surface area contributed by atoms with Gasteiger partial charge in [-0.2, -0.15) is 0 Å². The number of carbonyl (C=O) groups is 2. The van der Waals surface area contributed by atoms with Crippen LogP contribution in [0.2, 0.25) is 0 Å². The van der Waals surface area contributed by atoms with Gasteiger partial charge in [0.15, 0.2) is 23.0 Å². The Morgan fingerprint density at radius 2 is 1.64 bits per heavy atom. The highest BCUT2D eigenvalue weighted by atomic mass is 16.7. The maximum atomic E-state index is 13.4. The van der Waals surface area contributed by atoms with E-state index in [1.54, 1.807) is 31.7 Å². The van der Waals surface area contributed by atoms with E-state index in [1.165, 1.54) is 0 Å². The molecule has 2 heterocycles. The van der Waals surface area contributed by atoms with Crippen molar-refractivity contribution in [2.24, 2.45) is 5.41 Å². The molecule has 4 rings (SSSR count). The molecule has 33 heavy (non-hydrogen) atoms. The summed E-state index contributed by atoms with van der Waals surface area (Å²) in [6, 6.07) is 12.8. The number of ether oxygens (including phenoxy) is 2. The summed E-state index contributed by atoms with van der Waals surface area (Å²) in [6.07, 6.45) is 0. The first-order valence-corrected chi connectivity index (χ1v) is 11.2. The Bertz CT molecular complexity index is 1130. The molecule has 0 saturated heterocycles. The molecule has 0 aliphatic carbocycles. The lowest BCUT2D eigenvalue weighted by Gasteiger charge is -2.29. The molecule has 0 radical (unpaired) electrons. The maximum Gasteiger partial charge on any atom is 0.290 e. The highest BCUT2D eigenvalue weighted by Gasteiger charge is 2.46. The normalized spacial score (nSPS) is 18.3. The highest BCUT2D eigenvalue weighted by Crippen LogP contribution is 2.43. The van der Waals surface area contributed by atoms with Crippen molar-refractivity contribution in [2.75, 3.05) is 6.79 Å². The minimum absolute atomic E-state index is 0.0295. The van der Waals surface area contributed by atoms with Crippen molar-refractivity contribution < 1.29 is 24.2 Å². The van der Waals surface area contributed by atoms with E-state index in [-0.39, 0.29) is 30.1 Å². The van der Waals surface area contributed by atoms with Crippen molar-refractivity contribution in [1.29, 1.82) is 0 Å². The lowest BCUT2D eigenvalue weighted by molar-refractivity contribution is -0.130. The van der Waals surface area contributed by atoms with E-state index >= 15 is 0 Å². The maximum absolute atomic E-state index is 13.4. The minimum atomic E-state index is -0.748. The standard InChI is InChI=1S/C27H31NO5/c1-26(2,3)18-10-8-17(9-11-18)22-21(24(30)27(4,5)6)23(29)25(31)28(22)14-16-7-12-19-20(13-16)33-15-32-19/h7-13,22,29H,14-15H2,1-6H3. The Morgan fingerprint density at radius 1 is 1.00 bits per heavy atom. The zero-order valence-electron chi connectivity index (χ0n) is 20.1. The van der Waals surface area contributed by atoms with Crippen LogP contribution in [0, 0.1) is 5.41 Å². The highest BCUT2D eigenvalue weighted by molar-refractivity contribution is 6.10. The summed E-state index contributed by atoms with van der Waals surface area (Å²) in [5.41, 5.74) is 2.13. The molecule has 1 amide bonds. The van der Waals surface area contributed by atoms with E-state index in [9.17, 15) is 14.7 Å². The number of ketones is 1. The molecule has 1 atom stereocenters. The van der Waals surface area contributed by atoms with E-state index in [4.69, 9.17) is 9.47 Å². The quantitative estimate of drug-likeness (QED) is 0.692. The van der Waals surface area contributed by atoms with Crippen LogP contribution in [-0.4, -0.2) is 28.5 Å². The summed E-state index contributed by atoms with van der Waals surface area (Å²) in [4.78, 5) is 28.1. The Balaban J connectivity index is 1.76. The van der Waals surface area contributed by atoms with Crippen LogP contribution in [-0.2, 0) is 21.5 Å². The Kier molecular flexibility index (Phi) is 5.51. The summed E-state index contributed by atoms with van der Waals surface area (Å²) < 4.78 is 10.9. The Morgan fingerprint density at radius 3 is 2.24 bits per heavy atom. The van der Waals surface area contributed by atoms with Gasteiger partial charge in [0.2, 0.25) is 6.79 Å². The zero-order valence-corrected chi connectivity index (χ0v) is 20.1. The van der Waals surface area contributed by atoms with Gasteiger partial charge in [-0.1, -0.05) is 71.9 Å². The van der Waals surface area contributed by atoms with Crippen LogP contribution < -0.4 is 9.47 Å². The van der Waals surface area contributed by atoms with Gasteiger partial charge in [0, 0.05) is 12.0 Å². The summed E-state index contributed by atoms with van der Waals surface area (Å²) in [7, 11) is 0. The number of nitrogens with zero attached hydrogens (tertiary/aromatic N) is 1. The second-order valence-corrected chi connectivity index (χ2v) is 10.7. The van der Waals surface area contributed by atoms with Crippen LogP contribution in [0.4, 0.5) is 0 Å². The molecule has 1 unspecified atom stereocenters. The molecule has 2 aromatic rings. The van der Waals surface area contributed by atoms with E-state index in [0.29, 0.717) is 11.5 Å². The smallest absolute Gasteiger partial charge is 0.290 e. The van der Waals surface area contributed by atoms with Crippen molar-refractivity contribution in [3.05, 3.63) is 70.5 Å². The summed E-state index contributed by atoms with van der Waals surface area (Å²) in [6.45, 7) is 12.2. The van der Waals surface area contributed by atoms with Crippen molar-refractivity contribution in [2.45, 2.75) is 59.5 Å². The van der Waals surface area contributed by atoms with Gasteiger partial charge in [0.05, 0.1) is 11.6 Å². The predicted molar refractivity (Wildman–Crippen MR) is 125 cm³/mol. The van der Waals surface area contributed by atoms with Gasteiger partial charge in [-0.05, 0) is 34.2 Å². The van der Waals surface area contributed by atoms with Gasteiger partial charge < -0.3 is 19.5 Å². The zero-order chi connectivity index (χ0) is 24.1. The van der Waals surface area contributed by atoms with Crippen molar-refractivity contribution >= 4 is 11.7 Å². The molecule has 0 fully saturated rings. The average molecular weight is 450 g/mol. The molecule has 0 bridgehead atoms. The van der Waals surface area contributed by atoms with Crippen LogP contribution in [0.25, 0.3) is 0 Å². The van der Waals surface area contributed by atoms with E-state index in [0.717, 1.165) is 16.7 Å². The molecule has 0 aromatic heterocycles. The van der Waals surface area contributed by atoms with Crippen LogP contribution in [0.1, 0.15) is 64.3 Å². The van der Waals surface area contributed by atoms with Gasteiger partial charge >= 0.3 is 0 Å². The minimum Gasteiger partial charge on any atom is -0.503 e. The van der Waals surface area contributed by atoms with Crippen molar-refractivity contribution in [3.63, 3.8) is 0 Å². The van der Waals surface area contributed by atoms with Crippen LogP contribution >= 0.6 is 0 Å². The Labute approximate surface area is 194 Å². The van der Waals surface area contributed by atoms with Crippen molar-refractivity contribution in [3.8, 4) is 11.5 Å². The molecular weight excluding hydrogens is 418 g/mol. The monoisotopic (exact) mass is 449 g/mol. The van der Waals surface area contributed by atoms with Gasteiger partial charge in [0.25, 0.3) is 5.91 Å². The molecule has 1 N–H and O–H groups in total. The van der Waals surface area contributed by atoms with Crippen LogP contribution in [0.3, 0.4) is 0 Å². The van der Waals surface area contributed by atoms with Gasteiger partial charge in [-0.3, -0.25) is 9.59 Å². The molecule has 174 valence electrons. The number of amides is 1. The summed E-state index contributed by atoms with van der Waals surface area (Å²) in [5, 5.41) is 10.8. The third-order valence-electron chi connectivity index (χ3n) is 6.11. The first kappa shape index (κ1) is 22.9. The molecule has 0 spiro atoms. The number of carbonyl (C=O) groups excluding carboxylic acids is 2. The first-order valence-electron chi connectivity index (χ1n) is 11.2. The van der Waals surface area contributed by atoms with Crippen LogP contribution in [0.5, 0.6) is 11.5 Å². The average Bonchev–Trinajstić information content (AvgIpc) is 3.30. The number of aliphatic hydroxyl groups is 1. The molecule has 2 aliphatic heterocycles. The first-order chi connectivity index (χ1) is 15.4. The molecule has 6 nitrogen and oxygen atoms in total. The number of fused-ring (bicyclic) bond motifs is 1. The number of aliphatic hydroxyl groups excluding tert-OH is 1. The fourth-order valence-corrected chi connectivity index (χ4v) is 4.20. The van der Waals surface area contributed by atoms with Gasteiger partial charge in [0.1, 0.15) is 0 Å². The fourth-order valence-electron chi connectivity index (χ4n) is 4.20. The lowest BCUT2D eigenvalue weighted by Crippen LogP contribution is -2.32. The van der Waals surface area contributed by atoms with E-state index < -0.39 is 23.1 Å². The number of hydrogen-bond acceptors (Lipinski definition) is 5. The third kappa shape index (κ3) is 4.22. The number of hydrogen-bond donors (Lipinski definition) is 1. The summed E-state index contributed by atoms with van der Waals surface area (Å²) in [5.74, 6) is 0.0101. The second kappa shape index (κ2) is 7.94. The SMILES string of the molecule is CC(C)(C)C(=O)C1=C(O)C(=O)N(Cc2ccc3c(c2)OCO3)C1c1ccc(C(C)(C)C)cc1. The lowest BCUT2D eigenvalue weighted by atomic mass is 9.81. The topological polar surface area (TPSA) is 76.1 Å². The molecular formula is C27H31NO5. The number of rotatable bonds is 4. The molecule has 6 heteroatoms. The van der Waals surface area contributed by atoms with Crippen molar-refractivity contribution in [1.82, 2.24) is 4.90 Å². The van der Waals surface area contributed by atoms with E-state index in [2.05, 4.69) is 20.8 Å². The van der Waals surface area contributed by atoms with Gasteiger partial charge in [-0.15, -0.1) is 0 Å². The number of benzene rings is 2. The third-order valence-corrected chi connectivity index (χ3v) is 6.11. The Hall–Kier alpha value is -3.28. The molecule has 2 aromatic carbocycles. The largest absolute Gasteiger partial charge is 0.503 e. The number of Topliss-reactive ketones (excluding diaryl/α,β-unsaturated/α-hetero) is 1. The molecule has 0 saturated carbocycles. The van der Waals surface area contributed by atoms with E-state index in [1.807, 2.05) is 36.4 Å². The second-order valence-electron chi connectivity index (χ2n) is 10.7. The van der Waals surface area contributed by atoms with Crippen LogP contribution in [0.15, 0.2) is 53.8 Å². The fraction of sp³-hybridized carbons (Fsp3) is 0.407. The predicted octanol–water partition coefficient (Wildman–Crippen LogP) is 5.22.